The highest BCUT2D eigenvalue weighted by Gasteiger charge is 2.19. The summed E-state index contributed by atoms with van der Waals surface area (Å²) in [5.41, 5.74) is 4.86. The molecular formula is C25H19ClN4O2S. The molecular weight excluding hydrogens is 456 g/mol. The molecule has 0 saturated heterocycles. The lowest BCUT2D eigenvalue weighted by Crippen LogP contribution is -2.03. The van der Waals surface area contributed by atoms with Crippen LogP contribution in [-0.2, 0) is 5.75 Å². The van der Waals surface area contributed by atoms with Gasteiger partial charge in [-0.05, 0) is 60.9 Å². The summed E-state index contributed by atoms with van der Waals surface area (Å²) in [5.74, 6) is 1.22. The van der Waals surface area contributed by atoms with Gasteiger partial charge in [0.2, 0.25) is 0 Å². The molecule has 2 aromatic carbocycles. The van der Waals surface area contributed by atoms with Gasteiger partial charge in [-0.3, -0.25) is 9.55 Å². The number of rotatable bonds is 5. The number of thioether (sulfide) groups is 1. The van der Waals surface area contributed by atoms with Crippen molar-refractivity contribution in [3.63, 3.8) is 0 Å². The molecule has 6 nitrogen and oxygen atoms in total. The van der Waals surface area contributed by atoms with Crippen molar-refractivity contribution in [2.75, 3.05) is 0 Å². The Hall–Kier alpha value is -3.42. The van der Waals surface area contributed by atoms with Gasteiger partial charge in [-0.1, -0.05) is 41.6 Å². The predicted octanol–water partition coefficient (Wildman–Crippen LogP) is 6.00. The number of aromatic nitrogens is 4. The number of aryl methyl sites for hydroxylation is 1. The van der Waals surface area contributed by atoms with Gasteiger partial charge in [-0.25, -0.2) is 4.79 Å². The molecule has 0 bridgehead atoms. The van der Waals surface area contributed by atoms with Crippen LogP contribution in [0.2, 0.25) is 5.02 Å². The van der Waals surface area contributed by atoms with E-state index in [4.69, 9.17) is 16.0 Å². The van der Waals surface area contributed by atoms with Gasteiger partial charge in [-0.15, -0.1) is 10.2 Å². The molecule has 0 unspecified atom stereocenters. The Balaban J connectivity index is 1.60. The van der Waals surface area contributed by atoms with Crippen LogP contribution in [0.1, 0.15) is 16.7 Å². The summed E-state index contributed by atoms with van der Waals surface area (Å²) in [6.45, 7) is 3.94. The van der Waals surface area contributed by atoms with Crippen LogP contribution in [0.15, 0.2) is 81.4 Å². The first-order valence-electron chi connectivity index (χ1n) is 10.3. The van der Waals surface area contributed by atoms with Crippen LogP contribution in [0.25, 0.3) is 28.0 Å². The van der Waals surface area contributed by atoms with Crippen LogP contribution in [0.3, 0.4) is 0 Å². The SMILES string of the molecule is Cc1ccc2c(CSc3nnc(-c4ccncc4)n3-c3cccc(Cl)c3C)cc(=O)oc2c1. The van der Waals surface area contributed by atoms with Gasteiger partial charge in [0, 0.05) is 40.2 Å². The second-order valence-corrected chi connectivity index (χ2v) is 8.99. The van der Waals surface area contributed by atoms with E-state index in [0.29, 0.717) is 27.3 Å². The first kappa shape index (κ1) is 21.4. The van der Waals surface area contributed by atoms with Gasteiger partial charge < -0.3 is 4.42 Å². The zero-order valence-corrected chi connectivity index (χ0v) is 19.5. The Labute approximate surface area is 199 Å². The summed E-state index contributed by atoms with van der Waals surface area (Å²) < 4.78 is 7.40. The average molecular weight is 475 g/mol. The first-order valence-corrected chi connectivity index (χ1v) is 11.6. The zero-order chi connectivity index (χ0) is 22.9. The topological polar surface area (TPSA) is 73.8 Å². The number of fused-ring (bicyclic) bond motifs is 1. The van der Waals surface area contributed by atoms with E-state index in [2.05, 4.69) is 15.2 Å². The monoisotopic (exact) mass is 474 g/mol. The largest absolute Gasteiger partial charge is 0.423 e. The molecule has 0 saturated carbocycles. The quantitative estimate of drug-likeness (QED) is 0.230. The van der Waals surface area contributed by atoms with E-state index in [-0.39, 0.29) is 5.63 Å². The highest BCUT2D eigenvalue weighted by Crippen LogP contribution is 2.33. The number of halogens is 1. The van der Waals surface area contributed by atoms with Crippen molar-refractivity contribution in [2.24, 2.45) is 0 Å². The molecule has 33 heavy (non-hydrogen) atoms. The van der Waals surface area contributed by atoms with Crippen LogP contribution in [0.4, 0.5) is 0 Å². The minimum absolute atomic E-state index is 0.367. The van der Waals surface area contributed by atoms with Gasteiger partial charge in [0.25, 0.3) is 0 Å². The molecule has 0 aliphatic heterocycles. The fourth-order valence-corrected chi connectivity index (χ4v) is 4.81. The second-order valence-electron chi connectivity index (χ2n) is 7.64. The lowest BCUT2D eigenvalue weighted by atomic mass is 10.1. The summed E-state index contributed by atoms with van der Waals surface area (Å²) in [6.07, 6.45) is 3.45. The van der Waals surface area contributed by atoms with Crippen LogP contribution in [-0.4, -0.2) is 19.7 Å². The third kappa shape index (κ3) is 4.17. The fourth-order valence-electron chi connectivity index (χ4n) is 3.71. The minimum atomic E-state index is -0.367. The molecule has 0 fully saturated rings. The highest BCUT2D eigenvalue weighted by atomic mass is 35.5. The van der Waals surface area contributed by atoms with Gasteiger partial charge in [0.15, 0.2) is 11.0 Å². The molecule has 8 heteroatoms. The van der Waals surface area contributed by atoms with E-state index >= 15 is 0 Å². The van der Waals surface area contributed by atoms with Crippen LogP contribution >= 0.6 is 23.4 Å². The van der Waals surface area contributed by atoms with Crippen molar-refractivity contribution < 1.29 is 4.42 Å². The van der Waals surface area contributed by atoms with Crippen molar-refractivity contribution in [2.45, 2.75) is 24.8 Å². The maximum atomic E-state index is 12.2. The Bertz CT molecular complexity index is 1530. The van der Waals surface area contributed by atoms with Crippen LogP contribution in [0.5, 0.6) is 0 Å². The van der Waals surface area contributed by atoms with Gasteiger partial charge in [-0.2, -0.15) is 0 Å². The molecule has 0 amide bonds. The van der Waals surface area contributed by atoms with Gasteiger partial charge in [0.1, 0.15) is 5.58 Å². The number of pyridine rings is 1. The number of hydrogen-bond acceptors (Lipinski definition) is 6. The molecule has 0 radical (unpaired) electrons. The molecule has 0 spiro atoms. The van der Waals surface area contributed by atoms with E-state index in [0.717, 1.165) is 33.3 Å². The number of benzene rings is 2. The van der Waals surface area contributed by atoms with Crippen molar-refractivity contribution in [1.82, 2.24) is 19.7 Å². The molecule has 0 N–H and O–H groups in total. The Morgan fingerprint density at radius 1 is 1.03 bits per heavy atom. The van der Waals surface area contributed by atoms with E-state index < -0.39 is 0 Å². The Morgan fingerprint density at radius 3 is 2.67 bits per heavy atom. The second kappa shape index (κ2) is 8.84. The highest BCUT2D eigenvalue weighted by molar-refractivity contribution is 7.98. The van der Waals surface area contributed by atoms with E-state index in [9.17, 15) is 4.79 Å². The molecule has 0 atom stereocenters. The van der Waals surface area contributed by atoms with Crippen molar-refractivity contribution in [3.05, 3.63) is 99.1 Å². The third-order valence-electron chi connectivity index (χ3n) is 5.39. The summed E-state index contributed by atoms with van der Waals surface area (Å²) in [5, 5.41) is 11.2. The van der Waals surface area contributed by atoms with E-state index in [1.165, 1.54) is 11.8 Å². The molecule has 164 valence electrons. The molecule has 0 aliphatic carbocycles. The van der Waals surface area contributed by atoms with Crippen molar-refractivity contribution in [3.8, 4) is 17.1 Å². The standard InChI is InChI=1S/C25H19ClN4O2S/c1-15-6-7-19-18(13-23(31)32-22(19)12-15)14-33-25-29-28-24(17-8-10-27-11-9-17)30(25)21-5-3-4-20(26)16(21)2/h3-13H,14H2,1-2H3. The summed E-state index contributed by atoms with van der Waals surface area (Å²) >= 11 is 7.94. The summed E-state index contributed by atoms with van der Waals surface area (Å²) in [4.78, 5) is 16.3. The van der Waals surface area contributed by atoms with Crippen molar-refractivity contribution in [1.29, 1.82) is 0 Å². The predicted molar refractivity (Wildman–Crippen MR) is 131 cm³/mol. The first-order chi connectivity index (χ1) is 16.0. The maximum Gasteiger partial charge on any atom is 0.336 e. The lowest BCUT2D eigenvalue weighted by molar-refractivity contribution is 0.559. The maximum absolute atomic E-state index is 12.2. The number of nitrogens with zero attached hydrogens (tertiary/aromatic N) is 4. The fraction of sp³-hybridized carbons (Fsp3) is 0.120. The number of hydrogen-bond donors (Lipinski definition) is 0. The van der Waals surface area contributed by atoms with E-state index in [1.807, 2.05) is 66.9 Å². The third-order valence-corrected chi connectivity index (χ3v) is 6.78. The molecule has 5 rings (SSSR count). The average Bonchev–Trinajstić information content (AvgIpc) is 3.23. The normalized spacial score (nSPS) is 11.2. The van der Waals surface area contributed by atoms with Crippen LogP contribution < -0.4 is 5.63 Å². The smallest absolute Gasteiger partial charge is 0.336 e. The Kier molecular flexibility index (Phi) is 5.74. The van der Waals surface area contributed by atoms with Crippen LogP contribution in [0, 0.1) is 13.8 Å². The van der Waals surface area contributed by atoms with Gasteiger partial charge in [0.05, 0.1) is 5.69 Å². The summed E-state index contributed by atoms with van der Waals surface area (Å²) in [6, 6.07) is 17.0. The van der Waals surface area contributed by atoms with Crippen molar-refractivity contribution >= 4 is 34.3 Å². The van der Waals surface area contributed by atoms with Gasteiger partial charge >= 0.3 is 5.63 Å². The summed E-state index contributed by atoms with van der Waals surface area (Å²) in [7, 11) is 0. The molecule has 5 aromatic rings. The lowest BCUT2D eigenvalue weighted by Gasteiger charge is -2.14. The zero-order valence-electron chi connectivity index (χ0n) is 17.9. The molecule has 0 aliphatic rings. The molecule has 3 aromatic heterocycles. The Morgan fingerprint density at radius 2 is 1.85 bits per heavy atom. The minimum Gasteiger partial charge on any atom is -0.423 e. The van der Waals surface area contributed by atoms with E-state index in [1.54, 1.807) is 18.5 Å². The molecule has 3 heterocycles.